The van der Waals surface area contributed by atoms with E-state index < -0.39 is 29.1 Å². The number of nitrogens with zero attached hydrogens (tertiary/aromatic N) is 1. The molecule has 0 radical (unpaired) electrons. The van der Waals surface area contributed by atoms with Crippen molar-refractivity contribution in [1.82, 2.24) is 4.90 Å². The summed E-state index contributed by atoms with van der Waals surface area (Å²) in [6.45, 7) is 8.63. The van der Waals surface area contributed by atoms with Gasteiger partial charge in [-0.15, -0.1) is 0 Å². The van der Waals surface area contributed by atoms with E-state index in [4.69, 9.17) is 22.1 Å². The Morgan fingerprint density at radius 3 is 2.21 bits per heavy atom. The van der Waals surface area contributed by atoms with Gasteiger partial charge in [0.15, 0.2) is 0 Å². The summed E-state index contributed by atoms with van der Waals surface area (Å²) in [5.41, 5.74) is 5.20. The van der Waals surface area contributed by atoms with Crippen molar-refractivity contribution in [1.29, 1.82) is 0 Å². The van der Waals surface area contributed by atoms with Gasteiger partial charge in [-0.3, -0.25) is 4.90 Å². The molecule has 6 nitrogen and oxygen atoms in total. The molecule has 134 valence electrons. The number of halogens is 1. The van der Waals surface area contributed by atoms with Crippen LogP contribution in [0.5, 0.6) is 0 Å². The van der Waals surface area contributed by atoms with Crippen LogP contribution in [0.4, 0.5) is 10.5 Å². The minimum atomic E-state index is -1.15. The third kappa shape index (κ3) is 4.54. The highest BCUT2D eigenvalue weighted by atomic mass is 35.5. The van der Waals surface area contributed by atoms with Gasteiger partial charge in [-0.25, -0.2) is 9.59 Å². The molecular weight excluding hydrogens is 332 g/mol. The fourth-order valence-corrected chi connectivity index (χ4v) is 2.62. The third-order valence-corrected chi connectivity index (χ3v) is 4.07. The van der Waals surface area contributed by atoms with Crippen LogP contribution in [0.3, 0.4) is 0 Å². The number of carboxylic acids is 1. The summed E-state index contributed by atoms with van der Waals surface area (Å²) >= 11 is 5.93. The predicted octanol–water partition coefficient (Wildman–Crippen LogP) is 3.52. The molecule has 0 spiro atoms. The minimum Gasteiger partial charge on any atom is -0.480 e. The van der Waals surface area contributed by atoms with Gasteiger partial charge in [-0.2, -0.15) is 0 Å². The number of nitrogen functional groups attached to an aromatic ring is 1. The number of anilines is 1. The van der Waals surface area contributed by atoms with Gasteiger partial charge in [0.1, 0.15) is 11.6 Å². The largest absolute Gasteiger partial charge is 0.480 e. The Bertz CT molecular complexity index is 638. The van der Waals surface area contributed by atoms with E-state index in [0.29, 0.717) is 16.3 Å². The number of likely N-dealkylation sites (N-methyl/N-ethyl adjacent to an activating group) is 1. The number of hydrogen-bond donors (Lipinski definition) is 2. The van der Waals surface area contributed by atoms with Crippen molar-refractivity contribution in [2.75, 3.05) is 12.8 Å². The fourth-order valence-electron chi connectivity index (χ4n) is 2.50. The molecule has 0 bridgehead atoms. The Morgan fingerprint density at radius 2 is 1.79 bits per heavy atom. The summed E-state index contributed by atoms with van der Waals surface area (Å²) in [4.78, 5) is 25.3. The van der Waals surface area contributed by atoms with Crippen LogP contribution in [-0.2, 0) is 14.9 Å². The zero-order chi connectivity index (χ0) is 18.9. The first-order chi connectivity index (χ1) is 10.8. The van der Waals surface area contributed by atoms with Crippen LogP contribution in [0, 0.1) is 0 Å². The number of carboxylic acid groups (broad SMARTS) is 1. The number of amides is 1. The van der Waals surface area contributed by atoms with Crippen molar-refractivity contribution < 1.29 is 19.4 Å². The van der Waals surface area contributed by atoms with E-state index in [1.807, 2.05) is 0 Å². The summed E-state index contributed by atoms with van der Waals surface area (Å²) < 4.78 is 5.28. The van der Waals surface area contributed by atoms with Gasteiger partial charge in [0.05, 0.1) is 10.7 Å². The van der Waals surface area contributed by atoms with Gasteiger partial charge < -0.3 is 15.6 Å². The van der Waals surface area contributed by atoms with Gasteiger partial charge in [0, 0.05) is 12.5 Å². The maximum absolute atomic E-state index is 12.3. The lowest BCUT2D eigenvalue weighted by molar-refractivity contribution is -0.145. The Morgan fingerprint density at radius 1 is 1.25 bits per heavy atom. The van der Waals surface area contributed by atoms with E-state index in [2.05, 4.69) is 0 Å². The van der Waals surface area contributed by atoms with Crippen molar-refractivity contribution in [2.45, 2.75) is 51.7 Å². The van der Waals surface area contributed by atoms with Crippen LogP contribution in [0.15, 0.2) is 18.2 Å². The molecule has 3 N–H and O–H groups in total. The van der Waals surface area contributed by atoms with Crippen LogP contribution in [0.2, 0.25) is 5.02 Å². The molecule has 1 amide bonds. The normalized spacial score (nSPS) is 13.3. The summed E-state index contributed by atoms with van der Waals surface area (Å²) in [5, 5.41) is 10.1. The Kier molecular flexibility index (Phi) is 5.77. The molecular formula is C17H25ClN2O4. The number of hydrogen-bond acceptors (Lipinski definition) is 4. The number of benzene rings is 1. The molecule has 1 aromatic rings. The summed E-state index contributed by atoms with van der Waals surface area (Å²) in [6.07, 6.45) is -0.704. The van der Waals surface area contributed by atoms with Gasteiger partial charge in [0.2, 0.25) is 0 Å². The van der Waals surface area contributed by atoms with E-state index in [9.17, 15) is 14.7 Å². The average Bonchev–Trinajstić information content (AvgIpc) is 2.39. The van der Waals surface area contributed by atoms with E-state index in [1.54, 1.807) is 52.8 Å². The lowest BCUT2D eigenvalue weighted by Crippen LogP contribution is -2.54. The van der Waals surface area contributed by atoms with E-state index in [-0.39, 0.29) is 0 Å². The molecule has 0 saturated heterocycles. The smallest absolute Gasteiger partial charge is 0.410 e. The molecule has 0 heterocycles. The second kappa shape index (κ2) is 6.89. The Hall–Kier alpha value is -1.95. The Labute approximate surface area is 147 Å². The van der Waals surface area contributed by atoms with Crippen molar-refractivity contribution in [3.05, 3.63) is 28.8 Å². The van der Waals surface area contributed by atoms with E-state index >= 15 is 0 Å². The van der Waals surface area contributed by atoms with Crippen LogP contribution in [-0.4, -0.2) is 40.8 Å². The summed E-state index contributed by atoms with van der Waals surface area (Å²) in [6, 6.07) is 3.80. The number of carbonyl (C=O) groups is 2. The highest BCUT2D eigenvalue weighted by Gasteiger charge is 2.43. The van der Waals surface area contributed by atoms with Crippen LogP contribution < -0.4 is 5.73 Å². The number of aliphatic carboxylic acids is 1. The van der Waals surface area contributed by atoms with Crippen LogP contribution >= 0.6 is 11.6 Å². The van der Waals surface area contributed by atoms with Gasteiger partial charge in [-0.1, -0.05) is 31.5 Å². The lowest BCUT2D eigenvalue weighted by Gasteiger charge is -2.38. The zero-order valence-corrected chi connectivity index (χ0v) is 15.6. The first-order valence-electron chi connectivity index (χ1n) is 7.51. The van der Waals surface area contributed by atoms with Crippen molar-refractivity contribution in [3.63, 3.8) is 0 Å². The van der Waals surface area contributed by atoms with E-state index in [0.717, 1.165) is 4.90 Å². The van der Waals surface area contributed by atoms with Crippen LogP contribution in [0.1, 0.15) is 40.2 Å². The van der Waals surface area contributed by atoms with Gasteiger partial charge in [0.25, 0.3) is 0 Å². The molecule has 1 rings (SSSR count). The van der Waals surface area contributed by atoms with E-state index in [1.165, 1.54) is 7.05 Å². The molecule has 0 saturated carbocycles. The third-order valence-electron chi connectivity index (χ3n) is 3.73. The molecule has 1 aromatic carbocycles. The Balaban J connectivity index is 3.24. The molecule has 1 unspecified atom stereocenters. The van der Waals surface area contributed by atoms with Gasteiger partial charge >= 0.3 is 12.1 Å². The highest BCUT2D eigenvalue weighted by molar-refractivity contribution is 6.33. The first kappa shape index (κ1) is 20.1. The monoisotopic (exact) mass is 356 g/mol. The predicted molar refractivity (Wildman–Crippen MR) is 94.3 cm³/mol. The second-order valence-corrected chi connectivity index (χ2v) is 7.70. The number of carbonyl (C=O) groups excluding carboxylic acids is 1. The van der Waals surface area contributed by atoms with Crippen molar-refractivity contribution in [2.24, 2.45) is 0 Å². The molecule has 7 heteroatoms. The molecule has 0 fully saturated rings. The quantitative estimate of drug-likeness (QED) is 0.805. The van der Waals surface area contributed by atoms with Gasteiger partial charge in [-0.05, 0) is 38.5 Å². The van der Waals surface area contributed by atoms with Crippen LogP contribution in [0.25, 0.3) is 0 Å². The fraction of sp³-hybridized carbons (Fsp3) is 0.529. The second-order valence-electron chi connectivity index (χ2n) is 7.29. The zero-order valence-electron chi connectivity index (χ0n) is 14.9. The van der Waals surface area contributed by atoms with Crippen molar-refractivity contribution >= 4 is 29.4 Å². The summed E-state index contributed by atoms with van der Waals surface area (Å²) in [5.74, 6) is -1.14. The number of nitrogens with two attached hydrogens (primary N) is 1. The molecule has 1 atom stereocenters. The molecule has 24 heavy (non-hydrogen) atoms. The maximum Gasteiger partial charge on any atom is 0.410 e. The maximum atomic E-state index is 12.3. The first-order valence-corrected chi connectivity index (χ1v) is 7.89. The topological polar surface area (TPSA) is 92.9 Å². The highest BCUT2D eigenvalue weighted by Crippen LogP contribution is 2.34. The number of ether oxygens (including phenoxy) is 1. The molecule has 0 aliphatic heterocycles. The minimum absolute atomic E-state index is 0.353. The average molecular weight is 357 g/mol. The number of rotatable bonds is 4. The lowest BCUT2D eigenvalue weighted by atomic mass is 9.77. The summed E-state index contributed by atoms with van der Waals surface area (Å²) in [7, 11) is 1.41. The molecule has 0 aliphatic carbocycles. The molecule has 0 aliphatic rings. The standard InChI is InChI=1S/C17H25ClN2O4/c1-16(2,3)24-15(23)20(6)13(14(21)22)17(4,5)10-7-8-11(18)12(19)9-10/h7-9,13H,19H2,1-6H3,(H,21,22). The SMILES string of the molecule is CN(C(=O)OC(C)(C)C)C(C(=O)O)C(C)(C)c1ccc(Cl)c(N)c1. The molecule has 0 aromatic heterocycles. The van der Waals surface area contributed by atoms with Crippen molar-refractivity contribution in [3.8, 4) is 0 Å².